The molecule has 266 valence electrons. The molecule has 0 radical (unpaired) electrons. The van der Waals surface area contributed by atoms with Crippen molar-refractivity contribution in [2.45, 2.75) is 156 Å². The van der Waals surface area contributed by atoms with Crippen LogP contribution in [0.4, 0.5) is 0 Å². The number of nitrogens with zero attached hydrogens (tertiary/aromatic N) is 1. The van der Waals surface area contributed by atoms with E-state index in [4.69, 9.17) is 18.9 Å². The summed E-state index contributed by atoms with van der Waals surface area (Å²) >= 11 is 0. The Labute approximate surface area is 281 Å². The minimum atomic E-state index is -1.26. The fourth-order valence-electron chi connectivity index (χ4n) is 13.8. The van der Waals surface area contributed by atoms with Gasteiger partial charge in [-0.05, 0) is 111 Å². The molecule has 2 unspecified atom stereocenters. The molecule has 7 aliphatic rings. The first-order valence-corrected chi connectivity index (χ1v) is 18.6. The van der Waals surface area contributed by atoms with Gasteiger partial charge in [0.25, 0.3) is 0 Å². The van der Waals surface area contributed by atoms with Gasteiger partial charge >= 0.3 is 5.97 Å². The van der Waals surface area contributed by atoms with Gasteiger partial charge < -0.3 is 34.1 Å². The Kier molecular flexibility index (Phi) is 7.91. The van der Waals surface area contributed by atoms with E-state index in [0.29, 0.717) is 38.0 Å². The standard InChI is InChI=1S/C38H61NO8/c1-21-18-24(32(34(6,7)43)45-23(3)41)46-30-29(21)35(8)14-15-38-20-37(38)13-12-27(47-28-19-39(22(2)40)16-17-44-28)33(4,5)25(37)10-11-26(38)36(35,9)31(30)42/h21,24-32,42-43H,10-20H2,1-9H3/t21-,24?,25+,26+,27+,28+,29?,30+,31+,32+,35-,36-,37-,38+/m1/s1. The lowest BCUT2D eigenvalue weighted by Crippen LogP contribution is -2.60. The van der Waals surface area contributed by atoms with Crippen LogP contribution in [0.25, 0.3) is 0 Å². The van der Waals surface area contributed by atoms with Gasteiger partial charge in [0.2, 0.25) is 5.91 Å². The lowest BCUT2D eigenvalue weighted by Gasteiger charge is -2.64. The highest BCUT2D eigenvalue weighted by atomic mass is 16.7. The van der Waals surface area contributed by atoms with Gasteiger partial charge in [-0.1, -0.05) is 34.6 Å². The molecule has 5 aliphatic carbocycles. The van der Waals surface area contributed by atoms with Crippen LogP contribution in [-0.2, 0) is 28.5 Å². The molecule has 9 heteroatoms. The number of amides is 1. The van der Waals surface area contributed by atoms with E-state index in [-0.39, 0.29) is 63.3 Å². The molecule has 2 spiro atoms. The lowest BCUT2D eigenvalue weighted by atomic mass is 9.41. The molecule has 0 aromatic rings. The summed E-state index contributed by atoms with van der Waals surface area (Å²) in [5.74, 6) is 1.06. The van der Waals surface area contributed by atoms with Crippen LogP contribution in [0.1, 0.15) is 114 Å². The van der Waals surface area contributed by atoms with Crippen molar-refractivity contribution >= 4 is 11.9 Å². The molecule has 0 aromatic carbocycles. The Bertz CT molecular complexity index is 1280. The SMILES string of the molecule is CC(=O)O[C@@H](C1C[C@@H](C)C2[C@H](O1)[C@H](O)[C@@]1(C)[C@@H]3CC[C@H]4C(C)(C)[C@@H](O[C@H]5CN(C(C)=O)CCO5)CC[C@@]45C[C@@]35CC[C@]21C)C(C)(C)O. The normalized spacial score (nSPS) is 50.6. The summed E-state index contributed by atoms with van der Waals surface area (Å²) in [5, 5.41) is 23.6. The zero-order valence-electron chi connectivity index (χ0n) is 30.3. The number of esters is 1. The number of morpholine rings is 1. The number of carbonyl (C=O) groups is 2. The van der Waals surface area contributed by atoms with Crippen LogP contribution in [0.5, 0.6) is 0 Å². The van der Waals surface area contributed by atoms with Crippen molar-refractivity contribution in [1.29, 1.82) is 0 Å². The smallest absolute Gasteiger partial charge is 0.303 e. The second-order valence-electron chi connectivity index (χ2n) is 18.6. The second-order valence-corrected chi connectivity index (χ2v) is 18.6. The van der Waals surface area contributed by atoms with Gasteiger partial charge in [-0.2, -0.15) is 0 Å². The van der Waals surface area contributed by atoms with Crippen molar-refractivity contribution < 1.29 is 38.7 Å². The number of aliphatic hydroxyl groups is 2. The molecule has 14 atom stereocenters. The van der Waals surface area contributed by atoms with E-state index in [1.54, 1.807) is 20.8 Å². The summed E-state index contributed by atoms with van der Waals surface area (Å²) in [7, 11) is 0. The average Bonchev–Trinajstić information content (AvgIpc) is 3.61. The molecule has 9 nitrogen and oxygen atoms in total. The minimum Gasteiger partial charge on any atom is -0.457 e. The molecule has 0 bridgehead atoms. The lowest BCUT2D eigenvalue weighted by molar-refractivity contribution is -0.247. The zero-order chi connectivity index (χ0) is 34.1. The molecule has 0 aromatic heterocycles. The Morgan fingerprint density at radius 2 is 1.68 bits per heavy atom. The van der Waals surface area contributed by atoms with Gasteiger partial charge in [-0.25, -0.2) is 0 Å². The second kappa shape index (κ2) is 10.9. The Hall–Kier alpha value is -1.26. The van der Waals surface area contributed by atoms with Crippen molar-refractivity contribution in [3.8, 4) is 0 Å². The average molecular weight is 660 g/mol. The molecule has 47 heavy (non-hydrogen) atoms. The largest absolute Gasteiger partial charge is 0.457 e. The fourth-order valence-corrected chi connectivity index (χ4v) is 13.8. The summed E-state index contributed by atoms with van der Waals surface area (Å²) in [6.45, 7) is 19.9. The summed E-state index contributed by atoms with van der Waals surface area (Å²) in [6, 6.07) is 0. The number of rotatable bonds is 5. The summed E-state index contributed by atoms with van der Waals surface area (Å²) in [4.78, 5) is 26.0. The highest BCUT2D eigenvalue weighted by molar-refractivity contribution is 5.73. The molecule has 2 N–H and O–H groups in total. The number of ether oxygens (including phenoxy) is 4. The maximum absolute atomic E-state index is 12.5. The van der Waals surface area contributed by atoms with E-state index in [9.17, 15) is 19.8 Å². The monoisotopic (exact) mass is 659 g/mol. The highest BCUT2D eigenvalue weighted by Gasteiger charge is 2.84. The molecular formula is C38H61NO8. The topological polar surface area (TPSA) is 115 Å². The number of carbonyl (C=O) groups excluding carboxylic acids is 2. The molecule has 7 rings (SSSR count). The first-order valence-electron chi connectivity index (χ1n) is 18.6. The predicted octanol–water partition coefficient (Wildman–Crippen LogP) is 5.09. The molecule has 7 fully saturated rings. The van der Waals surface area contributed by atoms with E-state index >= 15 is 0 Å². The summed E-state index contributed by atoms with van der Waals surface area (Å²) < 4.78 is 25.3. The maximum Gasteiger partial charge on any atom is 0.303 e. The molecule has 1 amide bonds. The highest BCUT2D eigenvalue weighted by Crippen LogP contribution is 2.89. The van der Waals surface area contributed by atoms with Crippen molar-refractivity contribution in [3.05, 3.63) is 0 Å². The number of aliphatic hydroxyl groups excluding tert-OH is 1. The van der Waals surface area contributed by atoms with Gasteiger partial charge in [-0.15, -0.1) is 0 Å². The number of hydrogen-bond donors (Lipinski definition) is 2. The van der Waals surface area contributed by atoms with E-state index in [0.717, 1.165) is 32.1 Å². The van der Waals surface area contributed by atoms with Crippen LogP contribution < -0.4 is 0 Å². The van der Waals surface area contributed by atoms with Gasteiger partial charge in [0.05, 0.1) is 43.2 Å². The van der Waals surface area contributed by atoms with Gasteiger partial charge in [0.1, 0.15) is 0 Å². The molecule has 2 aliphatic heterocycles. The fraction of sp³-hybridized carbons (Fsp3) is 0.947. The van der Waals surface area contributed by atoms with Crippen LogP contribution in [0.3, 0.4) is 0 Å². The van der Waals surface area contributed by atoms with E-state index in [1.165, 1.54) is 19.8 Å². The van der Waals surface area contributed by atoms with Crippen LogP contribution in [0.2, 0.25) is 0 Å². The Balaban J connectivity index is 1.13. The number of hydrogen-bond acceptors (Lipinski definition) is 8. The van der Waals surface area contributed by atoms with Crippen LogP contribution in [0, 0.1) is 50.7 Å². The van der Waals surface area contributed by atoms with Crippen molar-refractivity contribution in [1.82, 2.24) is 4.90 Å². The molecular weight excluding hydrogens is 598 g/mol. The molecule has 2 saturated heterocycles. The third-order valence-electron chi connectivity index (χ3n) is 15.9. The van der Waals surface area contributed by atoms with Crippen molar-refractivity contribution in [2.75, 3.05) is 19.7 Å². The van der Waals surface area contributed by atoms with Crippen LogP contribution in [0.15, 0.2) is 0 Å². The van der Waals surface area contributed by atoms with Gasteiger partial charge in [0.15, 0.2) is 12.4 Å². The zero-order valence-corrected chi connectivity index (χ0v) is 30.3. The van der Waals surface area contributed by atoms with E-state index in [2.05, 4.69) is 34.6 Å². The Morgan fingerprint density at radius 1 is 1.00 bits per heavy atom. The Morgan fingerprint density at radius 3 is 2.34 bits per heavy atom. The van der Waals surface area contributed by atoms with Gasteiger partial charge in [0, 0.05) is 25.8 Å². The first-order chi connectivity index (χ1) is 21.8. The van der Waals surface area contributed by atoms with E-state index < -0.39 is 29.9 Å². The molecule has 5 saturated carbocycles. The predicted molar refractivity (Wildman–Crippen MR) is 175 cm³/mol. The number of fused-ring (bicyclic) bond motifs is 4. The minimum absolute atomic E-state index is 0.0216. The molecule has 2 heterocycles. The van der Waals surface area contributed by atoms with Crippen LogP contribution >= 0.6 is 0 Å². The van der Waals surface area contributed by atoms with Crippen molar-refractivity contribution in [3.63, 3.8) is 0 Å². The third kappa shape index (κ3) is 4.64. The summed E-state index contributed by atoms with van der Waals surface area (Å²) in [6.07, 6.45) is 6.05. The summed E-state index contributed by atoms with van der Waals surface area (Å²) in [5.41, 5.74) is -1.16. The first kappa shape index (κ1) is 34.2. The van der Waals surface area contributed by atoms with Crippen LogP contribution in [-0.4, -0.2) is 89.1 Å². The van der Waals surface area contributed by atoms with Gasteiger partial charge in [-0.3, -0.25) is 9.59 Å². The third-order valence-corrected chi connectivity index (χ3v) is 15.9. The maximum atomic E-state index is 12.5. The van der Waals surface area contributed by atoms with Crippen molar-refractivity contribution in [2.24, 2.45) is 50.7 Å². The quantitative estimate of drug-likeness (QED) is 0.393. The van der Waals surface area contributed by atoms with E-state index in [1.807, 2.05) is 4.90 Å².